The molecular weight excluding hydrogens is 312 g/mol. The molecule has 5 heteroatoms. The van der Waals surface area contributed by atoms with Gasteiger partial charge in [0.15, 0.2) is 0 Å². The molecule has 25 heavy (non-hydrogen) atoms. The summed E-state index contributed by atoms with van der Waals surface area (Å²) >= 11 is 0. The van der Waals surface area contributed by atoms with Crippen LogP contribution in [0.15, 0.2) is 60.8 Å². The van der Waals surface area contributed by atoms with E-state index in [1.165, 1.54) is 0 Å². The summed E-state index contributed by atoms with van der Waals surface area (Å²) in [6.45, 7) is 2.36. The Morgan fingerprint density at radius 1 is 1.00 bits per heavy atom. The van der Waals surface area contributed by atoms with Crippen LogP contribution >= 0.6 is 0 Å². The fourth-order valence-electron chi connectivity index (χ4n) is 3.33. The molecule has 3 aromatic rings. The average Bonchev–Trinajstić information content (AvgIpc) is 2.67. The molecule has 126 valence electrons. The molecular formula is C20H20N4O. The molecule has 2 aromatic carbocycles. The van der Waals surface area contributed by atoms with Crippen molar-refractivity contribution in [3.05, 3.63) is 72.1 Å². The van der Waals surface area contributed by atoms with Gasteiger partial charge in [-0.2, -0.15) is 0 Å². The summed E-state index contributed by atoms with van der Waals surface area (Å²) in [5, 5.41) is 0. The van der Waals surface area contributed by atoms with E-state index in [9.17, 15) is 4.79 Å². The van der Waals surface area contributed by atoms with Crippen molar-refractivity contribution in [1.82, 2.24) is 19.8 Å². The highest BCUT2D eigenvalue weighted by Gasteiger charge is 2.31. The molecule has 4 rings (SSSR count). The lowest BCUT2D eigenvalue weighted by Gasteiger charge is -2.40. The molecule has 1 aliphatic rings. The van der Waals surface area contributed by atoms with Gasteiger partial charge in [-0.1, -0.05) is 42.5 Å². The minimum Gasteiger partial charge on any atom is -0.328 e. The minimum absolute atomic E-state index is 0.0284. The molecule has 1 saturated heterocycles. The van der Waals surface area contributed by atoms with Crippen molar-refractivity contribution >= 4 is 16.9 Å². The molecule has 1 atom stereocenters. The number of nitrogens with zero attached hydrogens (tertiary/aromatic N) is 4. The van der Waals surface area contributed by atoms with Gasteiger partial charge in [-0.3, -0.25) is 9.78 Å². The molecule has 0 N–H and O–H groups in total. The molecule has 0 spiro atoms. The molecule has 1 aliphatic heterocycles. The van der Waals surface area contributed by atoms with Crippen LogP contribution < -0.4 is 0 Å². The highest BCUT2D eigenvalue weighted by molar-refractivity contribution is 5.94. The minimum atomic E-state index is -0.0554. The third-order valence-electron chi connectivity index (χ3n) is 4.70. The quantitative estimate of drug-likeness (QED) is 0.724. The first-order valence-electron chi connectivity index (χ1n) is 8.48. The molecule has 5 nitrogen and oxygen atoms in total. The van der Waals surface area contributed by atoms with Gasteiger partial charge in [-0.15, -0.1) is 0 Å². The third kappa shape index (κ3) is 3.10. The molecule has 2 heterocycles. The zero-order chi connectivity index (χ0) is 17.2. The fraction of sp³-hybridized carbons (Fsp3) is 0.250. The third-order valence-corrected chi connectivity index (χ3v) is 4.70. The smallest absolute Gasteiger partial charge is 0.274 e. The topological polar surface area (TPSA) is 49.3 Å². The van der Waals surface area contributed by atoms with Crippen molar-refractivity contribution in [2.24, 2.45) is 0 Å². The van der Waals surface area contributed by atoms with E-state index in [4.69, 9.17) is 0 Å². The Labute approximate surface area is 146 Å². The summed E-state index contributed by atoms with van der Waals surface area (Å²) in [6, 6.07) is 17.8. The number of para-hydroxylation sites is 2. The highest BCUT2D eigenvalue weighted by atomic mass is 16.2. The van der Waals surface area contributed by atoms with E-state index in [1.54, 1.807) is 6.20 Å². The van der Waals surface area contributed by atoms with Crippen LogP contribution in [0.2, 0.25) is 0 Å². The molecule has 1 amide bonds. The van der Waals surface area contributed by atoms with E-state index in [0.717, 1.165) is 29.7 Å². The Morgan fingerprint density at radius 2 is 1.72 bits per heavy atom. The first kappa shape index (κ1) is 15.7. The van der Waals surface area contributed by atoms with Gasteiger partial charge in [0.25, 0.3) is 5.91 Å². The predicted octanol–water partition coefficient (Wildman–Crippen LogP) is 2.76. The molecule has 1 unspecified atom stereocenters. The van der Waals surface area contributed by atoms with Crippen molar-refractivity contribution in [3.63, 3.8) is 0 Å². The number of fused-ring (bicyclic) bond motifs is 1. The van der Waals surface area contributed by atoms with Crippen molar-refractivity contribution in [3.8, 4) is 0 Å². The molecule has 0 radical (unpaired) electrons. The maximum atomic E-state index is 13.1. The lowest BCUT2D eigenvalue weighted by Crippen LogP contribution is -2.49. The van der Waals surface area contributed by atoms with Crippen LogP contribution in [-0.4, -0.2) is 52.4 Å². The molecule has 1 fully saturated rings. The Kier molecular flexibility index (Phi) is 4.15. The summed E-state index contributed by atoms with van der Waals surface area (Å²) in [6.07, 6.45) is 1.59. The second kappa shape index (κ2) is 6.61. The van der Waals surface area contributed by atoms with Gasteiger partial charge >= 0.3 is 0 Å². The normalized spacial score (nSPS) is 18.4. The number of carbonyl (C=O) groups is 1. The first-order valence-corrected chi connectivity index (χ1v) is 8.48. The number of aromatic nitrogens is 2. The van der Waals surface area contributed by atoms with E-state index in [2.05, 4.69) is 34.0 Å². The van der Waals surface area contributed by atoms with E-state index >= 15 is 0 Å². The lowest BCUT2D eigenvalue weighted by molar-refractivity contribution is 0.0492. The fourth-order valence-corrected chi connectivity index (χ4v) is 3.33. The van der Waals surface area contributed by atoms with Crippen LogP contribution in [0.4, 0.5) is 0 Å². The van der Waals surface area contributed by atoms with Crippen molar-refractivity contribution in [2.75, 3.05) is 26.7 Å². The van der Waals surface area contributed by atoms with Crippen molar-refractivity contribution in [2.45, 2.75) is 6.04 Å². The van der Waals surface area contributed by atoms with Gasteiger partial charge in [0, 0.05) is 19.6 Å². The molecule has 0 aliphatic carbocycles. The standard InChI is InChI=1S/C20H20N4O/c1-23-11-12-24(19(14-23)15-7-3-2-4-8-15)20(25)18-13-21-16-9-5-6-10-17(16)22-18/h2-10,13,19H,11-12,14H2,1H3. The molecule has 1 aromatic heterocycles. The molecule has 0 bridgehead atoms. The van der Waals surface area contributed by atoms with Crippen LogP contribution in [0.25, 0.3) is 11.0 Å². The second-order valence-electron chi connectivity index (χ2n) is 6.43. The number of piperazine rings is 1. The number of amides is 1. The zero-order valence-electron chi connectivity index (χ0n) is 14.2. The van der Waals surface area contributed by atoms with E-state index in [-0.39, 0.29) is 11.9 Å². The number of rotatable bonds is 2. The van der Waals surface area contributed by atoms with Crippen LogP contribution in [0.1, 0.15) is 22.1 Å². The summed E-state index contributed by atoms with van der Waals surface area (Å²) in [7, 11) is 2.09. The predicted molar refractivity (Wildman–Crippen MR) is 97.3 cm³/mol. The monoisotopic (exact) mass is 332 g/mol. The zero-order valence-corrected chi connectivity index (χ0v) is 14.2. The van der Waals surface area contributed by atoms with Gasteiger partial charge in [0.1, 0.15) is 5.69 Å². The number of hydrogen-bond acceptors (Lipinski definition) is 4. The van der Waals surface area contributed by atoms with E-state index in [0.29, 0.717) is 12.2 Å². The summed E-state index contributed by atoms with van der Waals surface area (Å²) < 4.78 is 0. The summed E-state index contributed by atoms with van der Waals surface area (Å²) in [4.78, 5) is 26.2. The SMILES string of the molecule is CN1CCN(C(=O)c2cnc3ccccc3n2)C(c2ccccc2)C1. The maximum absolute atomic E-state index is 13.1. The van der Waals surface area contributed by atoms with Gasteiger partial charge in [-0.25, -0.2) is 4.98 Å². The average molecular weight is 332 g/mol. The van der Waals surface area contributed by atoms with Crippen molar-refractivity contribution < 1.29 is 4.79 Å². The Morgan fingerprint density at radius 3 is 2.52 bits per heavy atom. The maximum Gasteiger partial charge on any atom is 0.274 e. The second-order valence-corrected chi connectivity index (χ2v) is 6.43. The van der Waals surface area contributed by atoms with Gasteiger partial charge < -0.3 is 9.80 Å². The largest absolute Gasteiger partial charge is 0.328 e. The lowest BCUT2D eigenvalue weighted by atomic mass is 10.0. The van der Waals surface area contributed by atoms with Crippen LogP contribution in [0.3, 0.4) is 0 Å². The van der Waals surface area contributed by atoms with Crippen LogP contribution in [0.5, 0.6) is 0 Å². The summed E-state index contributed by atoms with van der Waals surface area (Å²) in [5.74, 6) is -0.0554. The Hall–Kier alpha value is -2.79. The van der Waals surface area contributed by atoms with Crippen LogP contribution in [0, 0.1) is 0 Å². The Balaban J connectivity index is 1.68. The number of likely N-dealkylation sites (N-methyl/N-ethyl adjacent to an activating group) is 1. The number of hydrogen-bond donors (Lipinski definition) is 0. The van der Waals surface area contributed by atoms with Gasteiger partial charge in [0.2, 0.25) is 0 Å². The van der Waals surface area contributed by atoms with Crippen LogP contribution in [-0.2, 0) is 0 Å². The van der Waals surface area contributed by atoms with Gasteiger partial charge in [-0.05, 0) is 24.7 Å². The summed E-state index contributed by atoms with van der Waals surface area (Å²) in [5.41, 5.74) is 3.11. The van der Waals surface area contributed by atoms with Crippen molar-refractivity contribution in [1.29, 1.82) is 0 Å². The number of carbonyl (C=O) groups excluding carboxylic acids is 1. The first-order chi connectivity index (χ1) is 12.2. The van der Waals surface area contributed by atoms with Gasteiger partial charge in [0.05, 0.1) is 23.3 Å². The Bertz CT molecular complexity index is 896. The van der Waals surface area contributed by atoms with E-state index < -0.39 is 0 Å². The number of benzene rings is 2. The highest BCUT2D eigenvalue weighted by Crippen LogP contribution is 2.26. The molecule has 0 saturated carbocycles. The van der Waals surface area contributed by atoms with E-state index in [1.807, 2.05) is 47.4 Å².